The van der Waals surface area contributed by atoms with E-state index in [1.54, 1.807) is 39.7 Å². The molecule has 0 unspecified atom stereocenters. The van der Waals surface area contributed by atoms with E-state index >= 15 is 0 Å². The van der Waals surface area contributed by atoms with Gasteiger partial charge in [0.25, 0.3) is 0 Å². The van der Waals surface area contributed by atoms with Crippen LogP contribution in [0.2, 0.25) is 0 Å². The summed E-state index contributed by atoms with van der Waals surface area (Å²) in [7, 11) is 4.71. The summed E-state index contributed by atoms with van der Waals surface area (Å²) in [6, 6.07) is 7.29. The molecule has 186 valence electrons. The molecule has 1 fully saturated rings. The lowest BCUT2D eigenvalue weighted by Gasteiger charge is -2.26. The second kappa shape index (κ2) is 11.8. The Bertz CT molecular complexity index is 1150. The quantitative estimate of drug-likeness (QED) is 0.378. The summed E-state index contributed by atoms with van der Waals surface area (Å²) >= 11 is 5.44. The number of ether oxygens (including phenoxy) is 3. The molecule has 0 amide bonds. The maximum absolute atomic E-state index is 5.44. The van der Waals surface area contributed by atoms with Crippen LogP contribution in [-0.4, -0.2) is 72.5 Å². The molecule has 0 aliphatic carbocycles. The van der Waals surface area contributed by atoms with Crippen LogP contribution >= 0.6 is 12.2 Å². The van der Waals surface area contributed by atoms with Gasteiger partial charge in [-0.2, -0.15) is 0 Å². The van der Waals surface area contributed by atoms with Crippen molar-refractivity contribution >= 4 is 45.8 Å². The summed E-state index contributed by atoms with van der Waals surface area (Å²) in [6.07, 6.45) is 5.54. The van der Waals surface area contributed by atoms with Crippen LogP contribution in [0.15, 0.2) is 30.5 Å². The number of fused-ring (bicyclic) bond motifs is 1. The average molecular weight is 498 g/mol. The monoisotopic (exact) mass is 497 g/mol. The number of aromatic nitrogens is 3. The van der Waals surface area contributed by atoms with E-state index in [9.17, 15) is 0 Å². The molecule has 0 spiro atoms. The Morgan fingerprint density at radius 1 is 0.971 bits per heavy atom. The van der Waals surface area contributed by atoms with Crippen molar-refractivity contribution in [3.8, 4) is 17.2 Å². The Kier molecular flexibility index (Phi) is 8.32. The summed E-state index contributed by atoms with van der Waals surface area (Å²) < 4.78 is 16.2. The highest BCUT2D eigenvalue weighted by atomic mass is 32.1. The number of anilines is 3. The maximum atomic E-state index is 5.44. The van der Waals surface area contributed by atoms with Gasteiger partial charge in [-0.15, -0.1) is 0 Å². The molecule has 4 rings (SSSR count). The summed E-state index contributed by atoms with van der Waals surface area (Å²) in [6.45, 7) is 4.11. The molecular weight excluding hydrogens is 466 g/mol. The number of nitrogens with zero attached hydrogens (tertiary/aromatic N) is 4. The predicted molar refractivity (Wildman–Crippen MR) is 141 cm³/mol. The van der Waals surface area contributed by atoms with Crippen molar-refractivity contribution in [1.82, 2.24) is 25.2 Å². The Balaban J connectivity index is 1.42. The Morgan fingerprint density at radius 2 is 1.69 bits per heavy atom. The fourth-order valence-electron chi connectivity index (χ4n) is 4.00. The molecule has 1 saturated heterocycles. The minimum atomic E-state index is 0.489. The molecule has 35 heavy (non-hydrogen) atoms. The number of hydrogen-bond donors (Lipinski definition) is 3. The number of methoxy groups -OCH3 is 3. The van der Waals surface area contributed by atoms with Crippen LogP contribution < -0.4 is 30.2 Å². The molecule has 0 atom stereocenters. The lowest BCUT2D eigenvalue weighted by Crippen LogP contribution is -2.39. The van der Waals surface area contributed by atoms with Gasteiger partial charge in [0.1, 0.15) is 11.3 Å². The molecule has 0 bridgehead atoms. The zero-order chi connectivity index (χ0) is 24.6. The molecule has 1 aliphatic heterocycles. The molecule has 3 heterocycles. The molecule has 3 N–H and O–H groups in total. The standard InChI is InChI=1S/C24H31N7O3S/c1-32-18-13-16(14-19(33-2)22(18)34-3)27-21-15-26-17-7-8-20(28-23(17)29-21)30-24(35)25-9-12-31-10-5-4-6-11-31/h7-8,13-15H,4-6,9-12H2,1-3H3,(H3,25,27,28,29,30,35). The second-order valence-electron chi connectivity index (χ2n) is 8.12. The van der Waals surface area contributed by atoms with Gasteiger partial charge in [-0.05, 0) is 50.3 Å². The summed E-state index contributed by atoms with van der Waals surface area (Å²) in [5.74, 6) is 2.72. The van der Waals surface area contributed by atoms with Crippen LogP contribution in [-0.2, 0) is 0 Å². The van der Waals surface area contributed by atoms with E-state index in [2.05, 4.69) is 35.8 Å². The van der Waals surface area contributed by atoms with Gasteiger partial charge in [-0.3, -0.25) is 0 Å². The molecule has 1 aliphatic rings. The lowest BCUT2D eigenvalue weighted by molar-refractivity contribution is 0.232. The normalized spacial score (nSPS) is 13.8. The predicted octanol–water partition coefficient (Wildman–Crippen LogP) is 3.57. The highest BCUT2D eigenvalue weighted by molar-refractivity contribution is 7.80. The maximum Gasteiger partial charge on any atom is 0.203 e. The van der Waals surface area contributed by atoms with E-state index in [1.807, 2.05) is 12.1 Å². The fraction of sp³-hybridized carbons (Fsp3) is 0.417. The third-order valence-electron chi connectivity index (χ3n) is 5.75. The summed E-state index contributed by atoms with van der Waals surface area (Å²) in [4.78, 5) is 16.1. The number of likely N-dealkylation sites (tertiary alicyclic amines) is 1. The first kappa shape index (κ1) is 24.7. The molecule has 11 heteroatoms. The third kappa shape index (κ3) is 6.37. The zero-order valence-corrected chi connectivity index (χ0v) is 21.1. The number of piperidine rings is 1. The Hall–Kier alpha value is -3.44. The van der Waals surface area contributed by atoms with Gasteiger partial charge in [-0.1, -0.05) is 6.42 Å². The largest absolute Gasteiger partial charge is 0.493 e. The van der Waals surface area contributed by atoms with E-state index in [1.165, 1.54) is 32.4 Å². The van der Waals surface area contributed by atoms with Gasteiger partial charge in [0, 0.05) is 30.9 Å². The SMILES string of the molecule is COc1cc(Nc2cnc3ccc(NC(=S)NCCN4CCCCC4)nc3n2)cc(OC)c1OC. The van der Waals surface area contributed by atoms with Crippen LogP contribution in [0.3, 0.4) is 0 Å². The summed E-state index contributed by atoms with van der Waals surface area (Å²) in [5.41, 5.74) is 1.88. The molecule has 10 nitrogen and oxygen atoms in total. The van der Waals surface area contributed by atoms with Crippen molar-refractivity contribution in [2.24, 2.45) is 0 Å². The van der Waals surface area contributed by atoms with Crippen molar-refractivity contribution in [3.63, 3.8) is 0 Å². The van der Waals surface area contributed by atoms with E-state index < -0.39 is 0 Å². The topological polar surface area (TPSA) is 106 Å². The smallest absolute Gasteiger partial charge is 0.203 e. The molecule has 1 aromatic carbocycles. The number of pyridine rings is 1. The third-order valence-corrected chi connectivity index (χ3v) is 5.99. The summed E-state index contributed by atoms with van der Waals surface area (Å²) in [5, 5.41) is 10.2. The van der Waals surface area contributed by atoms with Crippen molar-refractivity contribution in [3.05, 3.63) is 30.5 Å². The van der Waals surface area contributed by atoms with Crippen LogP contribution in [0.5, 0.6) is 17.2 Å². The first-order valence-corrected chi connectivity index (χ1v) is 12.0. The van der Waals surface area contributed by atoms with Crippen LogP contribution in [0.25, 0.3) is 11.2 Å². The zero-order valence-electron chi connectivity index (χ0n) is 20.3. The van der Waals surface area contributed by atoms with Crippen molar-refractivity contribution in [2.45, 2.75) is 19.3 Å². The van der Waals surface area contributed by atoms with E-state index in [4.69, 9.17) is 26.4 Å². The second-order valence-corrected chi connectivity index (χ2v) is 8.52. The van der Waals surface area contributed by atoms with Crippen LogP contribution in [0.4, 0.5) is 17.3 Å². The fourth-order valence-corrected chi connectivity index (χ4v) is 4.21. The first-order chi connectivity index (χ1) is 17.1. The van der Waals surface area contributed by atoms with Gasteiger partial charge < -0.3 is 35.1 Å². The van der Waals surface area contributed by atoms with Gasteiger partial charge in [0.15, 0.2) is 28.1 Å². The van der Waals surface area contributed by atoms with Crippen LogP contribution in [0.1, 0.15) is 19.3 Å². The highest BCUT2D eigenvalue weighted by Gasteiger charge is 2.14. The molecular formula is C24H31N7O3S. The van der Waals surface area contributed by atoms with Crippen molar-refractivity contribution in [1.29, 1.82) is 0 Å². The Morgan fingerprint density at radius 3 is 2.37 bits per heavy atom. The van der Waals surface area contributed by atoms with E-state index in [0.717, 1.165) is 13.1 Å². The minimum absolute atomic E-state index is 0.489. The molecule has 0 saturated carbocycles. The van der Waals surface area contributed by atoms with E-state index in [-0.39, 0.29) is 0 Å². The number of thiocarbonyl (C=S) groups is 1. The highest BCUT2D eigenvalue weighted by Crippen LogP contribution is 2.40. The number of benzene rings is 1. The number of hydrogen-bond acceptors (Lipinski definition) is 9. The lowest BCUT2D eigenvalue weighted by atomic mass is 10.1. The molecule has 0 radical (unpaired) electrons. The van der Waals surface area contributed by atoms with Gasteiger partial charge in [0.2, 0.25) is 5.75 Å². The van der Waals surface area contributed by atoms with Crippen molar-refractivity contribution < 1.29 is 14.2 Å². The van der Waals surface area contributed by atoms with Gasteiger partial charge >= 0.3 is 0 Å². The first-order valence-electron chi connectivity index (χ1n) is 11.6. The van der Waals surface area contributed by atoms with E-state index in [0.29, 0.717) is 50.8 Å². The molecule has 2 aromatic heterocycles. The average Bonchev–Trinajstić information content (AvgIpc) is 2.88. The minimum Gasteiger partial charge on any atom is -0.493 e. The Labute approximate surface area is 210 Å². The van der Waals surface area contributed by atoms with Crippen LogP contribution in [0, 0.1) is 0 Å². The van der Waals surface area contributed by atoms with Gasteiger partial charge in [-0.25, -0.2) is 15.0 Å². The van der Waals surface area contributed by atoms with Crippen molar-refractivity contribution in [2.75, 3.05) is 58.1 Å². The van der Waals surface area contributed by atoms with Gasteiger partial charge in [0.05, 0.1) is 27.5 Å². The number of nitrogens with one attached hydrogen (secondary N) is 3. The molecule has 3 aromatic rings. The number of rotatable bonds is 9.